The molecule has 0 saturated carbocycles. The summed E-state index contributed by atoms with van der Waals surface area (Å²) >= 11 is 0. The molecule has 0 aromatic heterocycles. The highest BCUT2D eigenvalue weighted by Crippen LogP contribution is 2.34. The molecular weight excluding hydrogens is 232 g/mol. The van der Waals surface area contributed by atoms with Gasteiger partial charge in [0.2, 0.25) is 11.8 Å². The first-order valence-corrected chi connectivity index (χ1v) is 6.33. The maximum absolute atomic E-state index is 12.0. The highest BCUT2D eigenvalue weighted by atomic mass is 16.2. The van der Waals surface area contributed by atoms with Crippen molar-refractivity contribution in [1.29, 1.82) is 0 Å². The number of unbranched alkanes of at least 4 members (excludes halogenated alkanes) is 2. The Kier molecular flexibility index (Phi) is 4.64. The number of amides is 4. The van der Waals surface area contributed by atoms with E-state index in [1.165, 1.54) is 0 Å². The first-order chi connectivity index (χ1) is 8.48. The maximum atomic E-state index is 12.0. The number of hydrogen-bond donors (Lipinski definition) is 2. The minimum absolute atomic E-state index is 0.340. The first kappa shape index (κ1) is 14.4. The van der Waals surface area contributed by atoms with Crippen molar-refractivity contribution in [3.8, 4) is 0 Å². The normalized spacial score (nSPS) is 19.5. The number of rotatable bonds is 5. The zero-order valence-electron chi connectivity index (χ0n) is 11.1. The third-order valence-electron chi connectivity index (χ3n) is 3.44. The molecule has 0 bridgehead atoms. The Hall–Kier alpha value is -1.65. The minimum atomic E-state index is -1.23. The summed E-state index contributed by atoms with van der Waals surface area (Å²) in [5.74, 6) is -1.05. The number of hydrogen-bond acceptors (Lipinski definition) is 3. The second kappa shape index (κ2) is 5.80. The molecule has 1 rings (SSSR count). The van der Waals surface area contributed by atoms with Crippen molar-refractivity contribution >= 4 is 17.8 Å². The van der Waals surface area contributed by atoms with E-state index in [4.69, 9.17) is 0 Å². The number of urea groups is 1. The van der Waals surface area contributed by atoms with Crippen LogP contribution in [-0.2, 0) is 9.59 Å². The summed E-state index contributed by atoms with van der Waals surface area (Å²) < 4.78 is 0. The van der Waals surface area contributed by atoms with E-state index in [0.717, 1.165) is 19.3 Å². The molecule has 1 fully saturated rings. The van der Waals surface area contributed by atoms with Crippen LogP contribution >= 0.6 is 0 Å². The van der Waals surface area contributed by atoms with E-state index in [9.17, 15) is 14.4 Å². The third-order valence-corrected chi connectivity index (χ3v) is 3.44. The van der Waals surface area contributed by atoms with Crippen LogP contribution in [0.1, 0.15) is 46.5 Å². The van der Waals surface area contributed by atoms with Crippen molar-refractivity contribution in [2.45, 2.75) is 46.5 Å². The van der Waals surface area contributed by atoms with Crippen LogP contribution in [0.3, 0.4) is 0 Å². The molecule has 4 amide bonds. The molecule has 18 heavy (non-hydrogen) atoms. The lowest BCUT2D eigenvalue weighted by Crippen LogP contribution is -2.62. The van der Waals surface area contributed by atoms with Gasteiger partial charge in [-0.2, -0.15) is 0 Å². The molecule has 1 saturated heterocycles. The molecule has 0 radical (unpaired) electrons. The van der Waals surface area contributed by atoms with Crippen LogP contribution in [-0.4, -0.2) is 17.8 Å². The Morgan fingerprint density at radius 1 is 1.17 bits per heavy atom. The third kappa shape index (κ3) is 2.44. The molecule has 1 aliphatic rings. The molecule has 0 aliphatic carbocycles. The Morgan fingerprint density at radius 3 is 2.17 bits per heavy atom. The van der Waals surface area contributed by atoms with Crippen LogP contribution in [0.4, 0.5) is 4.79 Å². The smallest absolute Gasteiger partial charge is 0.277 e. The van der Waals surface area contributed by atoms with Gasteiger partial charge in [-0.05, 0) is 19.8 Å². The van der Waals surface area contributed by atoms with E-state index in [2.05, 4.69) is 17.6 Å². The first-order valence-electron chi connectivity index (χ1n) is 6.33. The predicted octanol–water partition coefficient (Wildman–Crippen LogP) is 1.89. The van der Waals surface area contributed by atoms with Crippen LogP contribution in [0.2, 0.25) is 0 Å². The Labute approximate surface area is 107 Å². The molecule has 2 N–H and O–H groups in total. The largest absolute Gasteiger partial charge is 0.328 e. The van der Waals surface area contributed by atoms with Gasteiger partial charge in [0.15, 0.2) is 0 Å². The number of nitrogens with one attached hydrogen (secondary N) is 2. The molecule has 0 spiro atoms. The number of allylic oxidation sites excluding steroid dienone is 1. The fraction of sp³-hybridized carbons (Fsp3) is 0.615. The summed E-state index contributed by atoms with van der Waals surface area (Å²) in [5, 5.41) is 4.34. The van der Waals surface area contributed by atoms with E-state index in [0.29, 0.717) is 12.0 Å². The zero-order valence-corrected chi connectivity index (χ0v) is 11.1. The molecule has 1 heterocycles. The van der Waals surface area contributed by atoms with Gasteiger partial charge in [0.25, 0.3) is 0 Å². The van der Waals surface area contributed by atoms with Crippen LogP contribution in [0.25, 0.3) is 0 Å². The van der Waals surface area contributed by atoms with Gasteiger partial charge in [-0.1, -0.05) is 38.3 Å². The lowest BCUT2D eigenvalue weighted by atomic mass is 9.75. The van der Waals surface area contributed by atoms with Gasteiger partial charge < -0.3 is 0 Å². The van der Waals surface area contributed by atoms with Crippen molar-refractivity contribution in [3.63, 3.8) is 0 Å². The van der Waals surface area contributed by atoms with Gasteiger partial charge in [0.05, 0.1) is 0 Å². The van der Waals surface area contributed by atoms with Gasteiger partial charge in [0, 0.05) is 0 Å². The van der Waals surface area contributed by atoms with E-state index in [-0.39, 0.29) is 0 Å². The van der Waals surface area contributed by atoms with Crippen molar-refractivity contribution in [3.05, 3.63) is 11.6 Å². The summed E-state index contributed by atoms with van der Waals surface area (Å²) in [6.45, 7) is 5.62. The van der Waals surface area contributed by atoms with Gasteiger partial charge in [-0.15, -0.1) is 0 Å². The van der Waals surface area contributed by atoms with E-state index >= 15 is 0 Å². The summed E-state index contributed by atoms with van der Waals surface area (Å²) in [4.78, 5) is 35.1. The molecule has 5 nitrogen and oxygen atoms in total. The molecule has 0 unspecified atom stereocenters. The van der Waals surface area contributed by atoms with Crippen molar-refractivity contribution in [1.82, 2.24) is 10.6 Å². The van der Waals surface area contributed by atoms with E-state index in [1.54, 1.807) is 13.8 Å². The van der Waals surface area contributed by atoms with Gasteiger partial charge in [0.1, 0.15) is 5.41 Å². The minimum Gasteiger partial charge on any atom is -0.277 e. The van der Waals surface area contributed by atoms with Crippen LogP contribution in [0, 0.1) is 5.41 Å². The number of barbiturate groups is 1. The fourth-order valence-electron chi connectivity index (χ4n) is 2.21. The zero-order chi connectivity index (χ0) is 13.8. The summed E-state index contributed by atoms with van der Waals surface area (Å²) in [6.07, 6.45) is 5.16. The Morgan fingerprint density at radius 2 is 1.72 bits per heavy atom. The molecule has 0 atom stereocenters. The lowest BCUT2D eigenvalue weighted by molar-refractivity contribution is -0.141. The maximum Gasteiger partial charge on any atom is 0.328 e. The molecule has 100 valence electrons. The van der Waals surface area contributed by atoms with Crippen molar-refractivity contribution in [2.75, 3.05) is 0 Å². The number of carbonyl (C=O) groups excluding carboxylic acids is 3. The van der Waals surface area contributed by atoms with Gasteiger partial charge in [-0.3, -0.25) is 20.2 Å². The summed E-state index contributed by atoms with van der Waals surface area (Å²) in [7, 11) is 0. The Balaban J connectivity index is 3.03. The Bertz CT molecular complexity index is 379. The SMILES string of the molecule is CCCC/C=C(\C)C1(CC)C(=O)NC(=O)NC1=O. The molecule has 0 aromatic carbocycles. The highest BCUT2D eigenvalue weighted by molar-refractivity contribution is 6.21. The van der Waals surface area contributed by atoms with E-state index in [1.807, 2.05) is 6.08 Å². The molecule has 0 aromatic rings. The summed E-state index contributed by atoms with van der Waals surface area (Å²) in [6, 6.07) is -0.740. The van der Waals surface area contributed by atoms with Crippen LogP contribution < -0.4 is 10.6 Å². The van der Waals surface area contributed by atoms with Crippen LogP contribution in [0.15, 0.2) is 11.6 Å². The quantitative estimate of drug-likeness (QED) is 0.445. The molecular formula is C13H20N2O3. The average molecular weight is 252 g/mol. The fourth-order valence-corrected chi connectivity index (χ4v) is 2.21. The lowest BCUT2D eigenvalue weighted by Gasteiger charge is -2.34. The summed E-state index contributed by atoms with van der Waals surface area (Å²) in [5.41, 5.74) is -0.525. The monoisotopic (exact) mass is 252 g/mol. The molecule has 5 heteroatoms. The van der Waals surface area contributed by atoms with Gasteiger partial charge >= 0.3 is 6.03 Å². The van der Waals surface area contributed by atoms with Crippen molar-refractivity contribution in [2.24, 2.45) is 5.41 Å². The highest BCUT2D eigenvalue weighted by Gasteiger charge is 2.49. The second-order valence-electron chi connectivity index (χ2n) is 4.53. The van der Waals surface area contributed by atoms with Crippen molar-refractivity contribution < 1.29 is 14.4 Å². The second-order valence-corrected chi connectivity index (χ2v) is 4.53. The number of imide groups is 2. The van der Waals surface area contributed by atoms with Gasteiger partial charge in [-0.25, -0.2) is 4.79 Å². The average Bonchev–Trinajstić information content (AvgIpc) is 2.29. The predicted molar refractivity (Wildman–Crippen MR) is 67.7 cm³/mol. The van der Waals surface area contributed by atoms with E-state index < -0.39 is 23.3 Å². The number of carbonyl (C=O) groups is 3. The molecule has 1 aliphatic heterocycles. The van der Waals surface area contributed by atoms with Crippen LogP contribution in [0.5, 0.6) is 0 Å². The topological polar surface area (TPSA) is 75.3 Å². The standard InChI is InChI=1S/C13H20N2O3/c1-4-6-7-8-9(3)13(5-2)10(16)14-12(18)15-11(13)17/h8H,4-7H2,1-3H3,(H2,14,15,16,17,18)/b9-8+.